The lowest BCUT2D eigenvalue weighted by Gasteiger charge is -2.12. The molecule has 22 heavy (non-hydrogen) atoms. The molecule has 0 saturated heterocycles. The molecule has 0 spiro atoms. The molecule has 116 valence electrons. The summed E-state index contributed by atoms with van der Waals surface area (Å²) in [5.74, 6) is 0. The summed E-state index contributed by atoms with van der Waals surface area (Å²) < 4.78 is 0. The molecule has 0 heterocycles. The number of hydrogen-bond donors (Lipinski definition) is 2. The predicted octanol–water partition coefficient (Wildman–Crippen LogP) is 3.73. The molecule has 6 heteroatoms. The van der Waals surface area contributed by atoms with E-state index in [2.05, 4.69) is 11.4 Å². The Labute approximate surface area is 133 Å². The third-order valence-corrected chi connectivity index (χ3v) is 4.17. The van der Waals surface area contributed by atoms with Crippen molar-refractivity contribution < 1.29 is 10.0 Å². The van der Waals surface area contributed by atoms with Gasteiger partial charge in [0, 0.05) is 17.5 Å². The Morgan fingerprint density at radius 2 is 2.05 bits per heavy atom. The molecular formula is C16H18N2O3S. The summed E-state index contributed by atoms with van der Waals surface area (Å²) in [5, 5.41) is 23.4. The molecule has 0 unspecified atom stereocenters. The van der Waals surface area contributed by atoms with Crippen molar-refractivity contribution in [3.8, 4) is 0 Å². The smallest absolute Gasteiger partial charge is 0.292 e. The van der Waals surface area contributed by atoms with E-state index in [1.807, 2.05) is 25.3 Å². The number of nitro benzene ring substituents is 1. The fourth-order valence-electron chi connectivity index (χ4n) is 2.17. The standard InChI is InChI=1S/C16H18N2O3S/c1-11-3-5-13(16(7-11)22-2)9-17-14-8-12(10-19)4-6-15(14)18(20)21/h3-8,17,19H,9-10H2,1-2H3. The van der Waals surface area contributed by atoms with Crippen molar-refractivity contribution in [1.29, 1.82) is 0 Å². The molecule has 2 aromatic rings. The highest BCUT2D eigenvalue weighted by atomic mass is 32.2. The molecule has 5 nitrogen and oxygen atoms in total. The number of nitrogens with one attached hydrogen (secondary N) is 1. The third kappa shape index (κ3) is 3.78. The van der Waals surface area contributed by atoms with Crippen LogP contribution in [0.1, 0.15) is 16.7 Å². The second-order valence-electron chi connectivity index (χ2n) is 4.94. The van der Waals surface area contributed by atoms with E-state index < -0.39 is 4.92 Å². The van der Waals surface area contributed by atoms with E-state index in [1.165, 1.54) is 11.6 Å². The Kier molecular flexibility index (Phi) is 5.41. The molecule has 0 aliphatic heterocycles. The molecule has 0 bridgehead atoms. The van der Waals surface area contributed by atoms with Crippen LogP contribution in [0.5, 0.6) is 0 Å². The maximum absolute atomic E-state index is 11.1. The molecule has 2 aromatic carbocycles. The molecule has 0 aliphatic carbocycles. The van der Waals surface area contributed by atoms with E-state index in [0.717, 1.165) is 10.5 Å². The molecule has 0 saturated carbocycles. The Bertz CT molecular complexity index is 689. The van der Waals surface area contributed by atoms with Gasteiger partial charge in [-0.3, -0.25) is 10.1 Å². The number of nitro groups is 1. The summed E-state index contributed by atoms with van der Waals surface area (Å²) in [4.78, 5) is 11.8. The molecule has 0 fully saturated rings. The number of aliphatic hydroxyl groups excluding tert-OH is 1. The van der Waals surface area contributed by atoms with Gasteiger partial charge in [-0.2, -0.15) is 0 Å². The number of aryl methyl sites for hydroxylation is 1. The SMILES string of the molecule is CSc1cc(C)ccc1CNc1cc(CO)ccc1[N+](=O)[O-]. The van der Waals surface area contributed by atoms with Crippen molar-refractivity contribution in [2.24, 2.45) is 0 Å². The van der Waals surface area contributed by atoms with Gasteiger partial charge in [0.15, 0.2) is 0 Å². The summed E-state index contributed by atoms with van der Waals surface area (Å²) in [6.07, 6.45) is 2.01. The van der Waals surface area contributed by atoms with Crippen LogP contribution in [0, 0.1) is 17.0 Å². The number of thioether (sulfide) groups is 1. The Balaban J connectivity index is 2.26. The average molecular weight is 318 g/mol. The zero-order chi connectivity index (χ0) is 16.1. The highest BCUT2D eigenvalue weighted by Crippen LogP contribution is 2.28. The van der Waals surface area contributed by atoms with Crippen molar-refractivity contribution >= 4 is 23.1 Å². The van der Waals surface area contributed by atoms with Crippen molar-refractivity contribution in [2.45, 2.75) is 25.0 Å². The van der Waals surface area contributed by atoms with E-state index in [0.29, 0.717) is 17.8 Å². The van der Waals surface area contributed by atoms with Crippen LogP contribution in [0.2, 0.25) is 0 Å². The number of hydrogen-bond acceptors (Lipinski definition) is 5. The number of anilines is 1. The normalized spacial score (nSPS) is 10.5. The van der Waals surface area contributed by atoms with Crippen LogP contribution in [0.3, 0.4) is 0 Å². The van der Waals surface area contributed by atoms with Gasteiger partial charge in [-0.25, -0.2) is 0 Å². The number of benzene rings is 2. The van der Waals surface area contributed by atoms with Gasteiger partial charge in [0.1, 0.15) is 5.69 Å². The summed E-state index contributed by atoms with van der Waals surface area (Å²) in [6.45, 7) is 2.38. The van der Waals surface area contributed by atoms with Gasteiger partial charge >= 0.3 is 0 Å². The maximum atomic E-state index is 11.1. The van der Waals surface area contributed by atoms with Gasteiger partial charge in [0.2, 0.25) is 0 Å². The molecule has 2 rings (SSSR count). The van der Waals surface area contributed by atoms with Gasteiger partial charge in [0.05, 0.1) is 11.5 Å². The molecular weight excluding hydrogens is 300 g/mol. The average Bonchev–Trinajstić information content (AvgIpc) is 2.52. The first-order chi connectivity index (χ1) is 10.5. The summed E-state index contributed by atoms with van der Waals surface area (Å²) >= 11 is 1.65. The summed E-state index contributed by atoms with van der Waals surface area (Å²) in [6, 6.07) is 10.7. The van der Waals surface area contributed by atoms with E-state index >= 15 is 0 Å². The third-order valence-electron chi connectivity index (χ3n) is 3.35. The highest BCUT2D eigenvalue weighted by molar-refractivity contribution is 7.98. The quantitative estimate of drug-likeness (QED) is 0.482. The van der Waals surface area contributed by atoms with Gasteiger partial charge in [-0.1, -0.05) is 12.1 Å². The fraction of sp³-hybridized carbons (Fsp3) is 0.250. The minimum Gasteiger partial charge on any atom is -0.392 e. The lowest BCUT2D eigenvalue weighted by molar-refractivity contribution is -0.384. The monoisotopic (exact) mass is 318 g/mol. The van der Waals surface area contributed by atoms with Crippen molar-refractivity contribution in [3.63, 3.8) is 0 Å². The molecule has 0 atom stereocenters. The van der Waals surface area contributed by atoms with E-state index in [4.69, 9.17) is 0 Å². The van der Waals surface area contributed by atoms with Crippen LogP contribution in [0.4, 0.5) is 11.4 Å². The predicted molar refractivity (Wildman–Crippen MR) is 89.3 cm³/mol. The summed E-state index contributed by atoms with van der Waals surface area (Å²) in [7, 11) is 0. The molecule has 0 aromatic heterocycles. The Hall–Kier alpha value is -2.05. The van der Waals surface area contributed by atoms with Crippen LogP contribution in [0.25, 0.3) is 0 Å². The highest BCUT2D eigenvalue weighted by Gasteiger charge is 2.14. The van der Waals surface area contributed by atoms with Gasteiger partial charge in [-0.15, -0.1) is 11.8 Å². The van der Waals surface area contributed by atoms with Crippen LogP contribution in [-0.2, 0) is 13.2 Å². The van der Waals surface area contributed by atoms with Gasteiger partial charge < -0.3 is 10.4 Å². The van der Waals surface area contributed by atoms with Crippen LogP contribution >= 0.6 is 11.8 Å². The minimum absolute atomic E-state index is 0.00927. The first kappa shape index (κ1) is 16.3. The van der Waals surface area contributed by atoms with Crippen molar-refractivity contribution in [3.05, 3.63) is 63.2 Å². The number of aliphatic hydroxyl groups is 1. The van der Waals surface area contributed by atoms with Crippen LogP contribution in [0.15, 0.2) is 41.3 Å². The lowest BCUT2D eigenvalue weighted by Crippen LogP contribution is -2.04. The zero-order valence-electron chi connectivity index (χ0n) is 12.5. The first-order valence-corrected chi connectivity index (χ1v) is 8.03. The first-order valence-electron chi connectivity index (χ1n) is 6.80. The molecule has 0 aliphatic rings. The Morgan fingerprint density at radius 1 is 1.27 bits per heavy atom. The zero-order valence-corrected chi connectivity index (χ0v) is 13.3. The van der Waals surface area contributed by atoms with Gasteiger partial charge in [0.25, 0.3) is 5.69 Å². The van der Waals surface area contributed by atoms with Crippen LogP contribution < -0.4 is 5.32 Å². The van der Waals surface area contributed by atoms with Crippen LogP contribution in [-0.4, -0.2) is 16.3 Å². The van der Waals surface area contributed by atoms with Crippen molar-refractivity contribution in [2.75, 3.05) is 11.6 Å². The Morgan fingerprint density at radius 3 is 2.68 bits per heavy atom. The largest absolute Gasteiger partial charge is 0.392 e. The fourth-order valence-corrected chi connectivity index (χ4v) is 2.88. The van der Waals surface area contributed by atoms with Gasteiger partial charge in [-0.05, 0) is 48.1 Å². The second kappa shape index (κ2) is 7.29. The minimum atomic E-state index is -0.423. The second-order valence-corrected chi connectivity index (χ2v) is 5.78. The van der Waals surface area contributed by atoms with E-state index in [-0.39, 0.29) is 12.3 Å². The van der Waals surface area contributed by atoms with E-state index in [9.17, 15) is 15.2 Å². The maximum Gasteiger partial charge on any atom is 0.292 e. The summed E-state index contributed by atoms with van der Waals surface area (Å²) in [5.41, 5.74) is 3.34. The molecule has 0 radical (unpaired) electrons. The molecule has 2 N–H and O–H groups in total. The number of nitrogens with zero attached hydrogens (tertiary/aromatic N) is 1. The number of rotatable bonds is 6. The molecule has 0 amide bonds. The van der Waals surface area contributed by atoms with Crippen molar-refractivity contribution in [1.82, 2.24) is 0 Å². The lowest BCUT2D eigenvalue weighted by atomic mass is 10.1. The topological polar surface area (TPSA) is 75.4 Å². The van der Waals surface area contributed by atoms with E-state index in [1.54, 1.807) is 23.9 Å².